The third kappa shape index (κ3) is 3.46. The molecule has 0 spiro atoms. The van der Waals surface area contributed by atoms with Crippen LogP contribution < -0.4 is 18.9 Å². The first-order chi connectivity index (χ1) is 12.2. The summed E-state index contributed by atoms with van der Waals surface area (Å²) in [6, 6.07) is 3.82. The van der Waals surface area contributed by atoms with Gasteiger partial charge >= 0.3 is 0 Å². The van der Waals surface area contributed by atoms with Crippen molar-refractivity contribution in [2.45, 2.75) is 25.0 Å². The molecule has 1 aliphatic rings. The minimum Gasteiger partial charge on any atom is -0.491 e. The largest absolute Gasteiger partial charge is 0.491 e. The second-order valence-corrected chi connectivity index (χ2v) is 5.65. The first-order valence-electron chi connectivity index (χ1n) is 8.01. The molecule has 0 aliphatic carbocycles. The van der Waals surface area contributed by atoms with Gasteiger partial charge in [-0.3, -0.25) is 0 Å². The molecule has 1 saturated heterocycles. The van der Waals surface area contributed by atoms with Crippen LogP contribution >= 0.6 is 0 Å². The van der Waals surface area contributed by atoms with Crippen molar-refractivity contribution < 1.29 is 23.7 Å². The Hall–Kier alpha value is -2.54. The Morgan fingerprint density at radius 3 is 1.56 bits per heavy atom. The van der Waals surface area contributed by atoms with E-state index in [2.05, 4.69) is 9.97 Å². The van der Waals surface area contributed by atoms with E-state index in [9.17, 15) is 0 Å². The quantitative estimate of drug-likeness (QED) is 0.796. The lowest BCUT2D eigenvalue weighted by atomic mass is 10.1. The van der Waals surface area contributed by atoms with Gasteiger partial charge in [-0.2, -0.15) is 0 Å². The van der Waals surface area contributed by atoms with E-state index in [0.29, 0.717) is 23.3 Å². The smallest absolute Gasteiger partial charge is 0.256 e. The maximum Gasteiger partial charge on any atom is 0.256 e. The molecule has 7 nitrogen and oxygen atoms in total. The minimum absolute atomic E-state index is 0.0506. The van der Waals surface area contributed by atoms with Gasteiger partial charge in [0.15, 0.2) is 11.5 Å². The zero-order valence-electron chi connectivity index (χ0n) is 14.8. The van der Waals surface area contributed by atoms with Crippen LogP contribution in [0.1, 0.15) is 36.2 Å². The maximum atomic E-state index is 6.21. The van der Waals surface area contributed by atoms with Crippen LogP contribution in [-0.4, -0.2) is 38.4 Å². The van der Waals surface area contributed by atoms with Crippen molar-refractivity contribution in [3.05, 3.63) is 35.7 Å². The molecule has 3 rings (SSSR count). The van der Waals surface area contributed by atoms with Crippen molar-refractivity contribution in [3.63, 3.8) is 0 Å². The summed E-state index contributed by atoms with van der Waals surface area (Å²) in [6.45, 7) is 0. The van der Waals surface area contributed by atoms with E-state index in [4.69, 9.17) is 23.7 Å². The van der Waals surface area contributed by atoms with E-state index in [-0.39, 0.29) is 12.2 Å². The molecule has 0 N–H and O–H groups in total. The van der Waals surface area contributed by atoms with Crippen molar-refractivity contribution in [1.29, 1.82) is 0 Å². The molecular weight excluding hydrogens is 324 g/mol. The van der Waals surface area contributed by atoms with Crippen LogP contribution in [0.15, 0.2) is 24.5 Å². The Bertz CT molecular complexity index is 676. The summed E-state index contributed by atoms with van der Waals surface area (Å²) in [4.78, 5) is 8.57. The van der Waals surface area contributed by atoms with Gasteiger partial charge in [0.25, 0.3) is 11.8 Å². The maximum absolute atomic E-state index is 6.21. The van der Waals surface area contributed by atoms with Crippen LogP contribution in [0, 0.1) is 0 Å². The first kappa shape index (κ1) is 17.3. The lowest BCUT2D eigenvalue weighted by molar-refractivity contribution is 0.0433. The fourth-order valence-electron chi connectivity index (χ4n) is 2.97. The first-order valence-corrected chi connectivity index (χ1v) is 8.01. The van der Waals surface area contributed by atoms with Crippen LogP contribution in [-0.2, 0) is 4.74 Å². The van der Waals surface area contributed by atoms with Crippen LogP contribution in [0.4, 0.5) is 0 Å². The average molecular weight is 346 g/mol. The highest BCUT2D eigenvalue weighted by Gasteiger charge is 2.29. The summed E-state index contributed by atoms with van der Waals surface area (Å²) in [6.07, 6.45) is 5.20. The highest BCUT2D eigenvalue weighted by molar-refractivity contribution is 5.39. The molecule has 7 heteroatoms. The Morgan fingerprint density at radius 2 is 1.20 bits per heavy atom. The number of nitrogens with zero attached hydrogens (tertiary/aromatic N) is 2. The van der Waals surface area contributed by atoms with Gasteiger partial charge in [0, 0.05) is 23.5 Å². The van der Waals surface area contributed by atoms with E-state index in [1.807, 2.05) is 12.1 Å². The standard InChI is InChI=1S/C18H22N2O5/c1-21-15-7-11(9-19-17(15)23-3)13-5-6-14(25-13)12-8-16(22-2)18(24-4)20-10-12/h7-10,13-14H,5-6H2,1-4H3/t13-,14+. The van der Waals surface area contributed by atoms with Gasteiger partial charge in [-0.25, -0.2) is 9.97 Å². The van der Waals surface area contributed by atoms with E-state index >= 15 is 0 Å². The summed E-state index contributed by atoms with van der Waals surface area (Å²) in [5.41, 5.74) is 1.93. The van der Waals surface area contributed by atoms with Crippen molar-refractivity contribution in [2.24, 2.45) is 0 Å². The molecule has 2 aromatic heterocycles. The zero-order valence-corrected chi connectivity index (χ0v) is 14.8. The highest BCUT2D eigenvalue weighted by atomic mass is 16.5. The number of ether oxygens (including phenoxy) is 5. The second kappa shape index (κ2) is 7.57. The van der Waals surface area contributed by atoms with E-state index < -0.39 is 0 Å². The summed E-state index contributed by atoms with van der Waals surface area (Å²) < 4.78 is 27.2. The average Bonchev–Trinajstić information content (AvgIpc) is 3.17. The van der Waals surface area contributed by atoms with Crippen molar-refractivity contribution in [3.8, 4) is 23.3 Å². The number of pyridine rings is 2. The number of hydrogen-bond acceptors (Lipinski definition) is 7. The van der Waals surface area contributed by atoms with Crippen LogP contribution in [0.5, 0.6) is 23.3 Å². The lowest BCUT2D eigenvalue weighted by Crippen LogP contribution is -2.03. The summed E-state index contributed by atoms with van der Waals surface area (Å²) in [5, 5.41) is 0. The lowest BCUT2D eigenvalue weighted by Gasteiger charge is -2.16. The predicted molar refractivity (Wildman–Crippen MR) is 90.5 cm³/mol. The van der Waals surface area contributed by atoms with Gasteiger partial charge in [0.1, 0.15) is 0 Å². The van der Waals surface area contributed by atoms with Crippen molar-refractivity contribution >= 4 is 0 Å². The summed E-state index contributed by atoms with van der Waals surface area (Å²) in [5.74, 6) is 2.12. The molecule has 134 valence electrons. The van der Waals surface area contributed by atoms with E-state index in [0.717, 1.165) is 24.0 Å². The van der Waals surface area contributed by atoms with Gasteiger partial charge in [-0.1, -0.05) is 0 Å². The molecule has 0 unspecified atom stereocenters. The SMILES string of the molecule is COc1cc([C@@H]2CC[C@H](c3cnc(OC)c(OC)c3)O2)cnc1OC. The minimum atomic E-state index is -0.0506. The molecule has 25 heavy (non-hydrogen) atoms. The molecule has 0 saturated carbocycles. The van der Waals surface area contributed by atoms with E-state index in [1.54, 1.807) is 40.8 Å². The molecule has 1 fully saturated rings. The van der Waals surface area contributed by atoms with Crippen LogP contribution in [0.2, 0.25) is 0 Å². The van der Waals surface area contributed by atoms with Crippen LogP contribution in [0.25, 0.3) is 0 Å². The topological polar surface area (TPSA) is 71.9 Å². The molecule has 1 aliphatic heterocycles. The molecular formula is C18H22N2O5. The molecule has 2 aromatic rings. The van der Waals surface area contributed by atoms with Gasteiger partial charge in [0.2, 0.25) is 0 Å². The Morgan fingerprint density at radius 1 is 0.760 bits per heavy atom. The zero-order chi connectivity index (χ0) is 17.8. The van der Waals surface area contributed by atoms with Gasteiger partial charge in [-0.05, 0) is 25.0 Å². The van der Waals surface area contributed by atoms with Gasteiger partial charge in [0.05, 0.1) is 40.6 Å². The van der Waals surface area contributed by atoms with E-state index in [1.165, 1.54) is 0 Å². The molecule has 0 radical (unpaired) electrons. The Labute approximate surface area is 146 Å². The fraction of sp³-hybridized carbons (Fsp3) is 0.444. The van der Waals surface area contributed by atoms with Gasteiger partial charge in [-0.15, -0.1) is 0 Å². The van der Waals surface area contributed by atoms with Crippen LogP contribution in [0.3, 0.4) is 0 Å². The number of aromatic nitrogens is 2. The molecule has 0 amide bonds. The highest BCUT2D eigenvalue weighted by Crippen LogP contribution is 2.43. The number of rotatable bonds is 6. The van der Waals surface area contributed by atoms with Crippen molar-refractivity contribution in [1.82, 2.24) is 9.97 Å². The molecule has 0 aromatic carbocycles. The van der Waals surface area contributed by atoms with Gasteiger partial charge < -0.3 is 23.7 Å². The Kier molecular flexibility index (Phi) is 5.23. The third-order valence-electron chi connectivity index (χ3n) is 4.27. The third-order valence-corrected chi connectivity index (χ3v) is 4.27. The molecule has 2 atom stereocenters. The van der Waals surface area contributed by atoms with Crippen molar-refractivity contribution in [2.75, 3.05) is 28.4 Å². The predicted octanol–water partition coefficient (Wildman–Crippen LogP) is 3.10. The summed E-state index contributed by atoms with van der Waals surface area (Å²) >= 11 is 0. The normalized spacial score (nSPS) is 19.5. The Balaban J connectivity index is 1.78. The number of methoxy groups -OCH3 is 4. The molecule has 0 bridgehead atoms. The summed E-state index contributed by atoms with van der Waals surface area (Å²) in [7, 11) is 6.32. The second-order valence-electron chi connectivity index (χ2n) is 5.65. The monoisotopic (exact) mass is 346 g/mol. The number of hydrogen-bond donors (Lipinski definition) is 0. The fourth-order valence-corrected chi connectivity index (χ4v) is 2.97. The molecule has 3 heterocycles.